The number of hydrogen-bond acceptors (Lipinski definition) is 3. The van der Waals surface area contributed by atoms with Crippen LogP contribution in [0.5, 0.6) is 0 Å². The molecule has 174 valence electrons. The smallest absolute Gasteiger partial charge is 0.333 e. The highest BCUT2D eigenvalue weighted by Crippen LogP contribution is 2.39. The van der Waals surface area contributed by atoms with Crippen LogP contribution in [0.3, 0.4) is 0 Å². The van der Waals surface area contributed by atoms with E-state index in [4.69, 9.17) is 0 Å². The van der Waals surface area contributed by atoms with E-state index in [1.54, 1.807) is 0 Å². The van der Waals surface area contributed by atoms with Gasteiger partial charge in [0.15, 0.2) is 52.6 Å². The largest absolute Gasteiger partial charge is 0.467 e. The van der Waals surface area contributed by atoms with E-state index in [9.17, 15) is 44.3 Å². The first-order valence-electron chi connectivity index (χ1n) is 8.79. The number of halogens is 9. The lowest BCUT2D eigenvalue weighted by Crippen LogP contribution is -2.26. The molecule has 3 rings (SSSR count). The second-order valence-corrected chi connectivity index (χ2v) is 6.46. The van der Waals surface area contributed by atoms with Gasteiger partial charge in [-0.2, -0.15) is 0 Å². The fourth-order valence-electron chi connectivity index (χ4n) is 3.01. The van der Waals surface area contributed by atoms with Crippen LogP contribution in [0.2, 0.25) is 0 Å². The molecule has 0 aromatic heterocycles. The Hall–Kier alpha value is -3.70. The molecule has 0 spiro atoms. The van der Waals surface area contributed by atoms with Gasteiger partial charge in [0.1, 0.15) is 0 Å². The maximum absolute atomic E-state index is 14.8. The van der Waals surface area contributed by atoms with Crippen LogP contribution in [0.15, 0.2) is 30.3 Å². The van der Waals surface area contributed by atoms with Crippen molar-refractivity contribution in [2.75, 3.05) is 12.4 Å². The molecule has 3 aromatic carbocycles. The Balaban J connectivity index is 2.31. The van der Waals surface area contributed by atoms with Gasteiger partial charge in [0.05, 0.1) is 23.8 Å². The van der Waals surface area contributed by atoms with E-state index < -0.39 is 81.1 Å². The van der Waals surface area contributed by atoms with Gasteiger partial charge in [-0.15, -0.1) is 0 Å². The number of carbonyl (C=O) groups excluding carboxylic acids is 1. The number of anilines is 1. The minimum absolute atomic E-state index is 0.0522. The maximum atomic E-state index is 14.8. The average molecular weight is 479 g/mol. The predicted octanol–water partition coefficient (Wildman–Crippen LogP) is 5.93. The fraction of sp³-hybridized carbons (Fsp3) is 0.0952. The predicted molar refractivity (Wildman–Crippen MR) is 96.3 cm³/mol. The number of hydrogen-bond donors (Lipinski definition) is 1. The number of methoxy groups -OCH3 is 1. The lowest BCUT2D eigenvalue weighted by atomic mass is 9.96. The topological polar surface area (TPSA) is 38.3 Å². The van der Waals surface area contributed by atoms with Gasteiger partial charge in [-0.3, -0.25) is 0 Å². The standard InChI is InChI=1S/C21H10F9NO2/c1-33-21(32)20(31-7-5-3-2-4-6-7)10-15(26)11(22)8(12(23)16(10)27)9-13(24)17(28)19(30)18(29)14(9)25/h2-6,20,31H,1H3. The van der Waals surface area contributed by atoms with Crippen LogP contribution < -0.4 is 5.32 Å². The zero-order chi connectivity index (χ0) is 24.6. The monoisotopic (exact) mass is 479 g/mol. The van der Waals surface area contributed by atoms with Crippen molar-refractivity contribution in [3.63, 3.8) is 0 Å². The maximum Gasteiger partial charge on any atom is 0.333 e. The normalized spacial score (nSPS) is 11.9. The minimum atomic E-state index is -2.68. The molecular weight excluding hydrogens is 469 g/mol. The van der Waals surface area contributed by atoms with Crippen molar-refractivity contribution >= 4 is 11.7 Å². The summed E-state index contributed by atoms with van der Waals surface area (Å²) in [6.07, 6.45) is 0. The summed E-state index contributed by atoms with van der Waals surface area (Å²) in [7, 11) is 0.799. The number of ether oxygens (including phenoxy) is 1. The van der Waals surface area contributed by atoms with E-state index in [0.717, 1.165) is 7.11 Å². The van der Waals surface area contributed by atoms with Crippen molar-refractivity contribution in [2.24, 2.45) is 0 Å². The highest BCUT2D eigenvalue weighted by atomic mass is 19.2. The molecule has 0 bridgehead atoms. The van der Waals surface area contributed by atoms with Crippen molar-refractivity contribution in [3.05, 3.63) is 88.3 Å². The van der Waals surface area contributed by atoms with Gasteiger partial charge in [0.25, 0.3) is 0 Å². The average Bonchev–Trinajstić information content (AvgIpc) is 2.82. The molecular formula is C21H10F9NO2. The third kappa shape index (κ3) is 3.96. The molecule has 0 radical (unpaired) electrons. The molecule has 3 nitrogen and oxygen atoms in total. The Labute approximate surface area is 179 Å². The Bertz CT molecular complexity index is 1190. The van der Waals surface area contributed by atoms with Gasteiger partial charge in [0, 0.05) is 5.69 Å². The molecule has 0 heterocycles. The SMILES string of the molecule is COC(=O)C(Nc1ccccc1)c1c(F)c(F)c(-c2c(F)c(F)c(F)c(F)c2F)c(F)c1F. The minimum Gasteiger partial charge on any atom is -0.467 e. The summed E-state index contributed by atoms with van der Waals surface area (Å²) in [4.78, 5) is 12.1. The lowest BCUT2D eigenvalue weighted by Gasteiger charge is -2.21. The second-order valence-electron chi connectivity index (χ2n) is 6.46. The number of esters is 1. The van der Waals surface area contributed by atoms with Crippen molar-refractivity contribution in [3.8, 4) is 11.1 Å². The zero-order valence-corrected chi connectivity index (χ0v) is 16.2. The molecule has 0 amide bonds. The molecule has 0 fully saturated rings. The van der Waals surface area contributed by atoms with Gasteiger partial charge in [-0.25, -0.2) is 44.3 Å². The second kappa shape index (κ2) is 9.04. The summed E-state index contributed by atoms with van der Waals surface area (Å²) in [6, 6.07) is 4.86. The molecule has 0 aliphatic rings. The zero-order valence-electron chi connectivity index (χ0n) is 16.2. The quantitative estimate of drug-likeness (QED) is 0.213. The van der Waals surface area contributed by atoms with Crippen molar-refractivity contribution in [1.29, 1.82) is 0 Å². The fourth-order valence-corrected chi connectivity index (χ4v) is 3.01. The molecule has 0 saturated carbocycles. The molecule has 1 atom stereocenters. The summed E-state index contributed by atoms with van der Waals surface area (Å²) in [6.45, 7) is 0. The van der Waals surface area contributed by atoms with Gasteiger partial charge in [-0.1, -0.05) is 18.2 Å². The summed E-state index contributed by atoms with van der Waals surface area (Å²) >= 11 is 0. The number of nitrogens with one attached hydrogen (secondary N) is 1. The van der Waals surface area contributed by atoms with E-state index in [0.29, 0.717) is 0 Å². The molecule has 1 unspecified atom stereocenters. The molecule has 12 heteroatoms. The number of para-hydroxylation sites is 1. The highest BCUT2D eigenvalue weighted by molar-refractivity contribution is 5.82. The van der Waals surface area contributed by atoms with Gasteiger partial charge in [0.2, 0.25) is 5.82 Å². The summed E-state index contributed by atoms with van der Waals surface area (Å²) in [5.74, 6) is -24.4. The third-order valence-electron chi connectivity index (χ3n) is 4.57. The van der Waals surface area contributed by atoms with Crippen LogP contribution in [-0.4, -0.2) is 13.1 Å². The Morgan fingerprint density at radius 1 is 0.667 bits per heavy atom. The lowest BCUT2D eigenvalue weighted by molar-refractivity contribution is -0.141. The van der Waals surface area contributed by atoms with Crippen LogP contribution in [0.1, 0.15) is 11.6 Å². The number of benzene rings is 3. The van der Waals surface area contributed by atoms with E-state index in [1.807, 2.05) is 0 Å². The molecule has 33 heavy (non-hydrogen) atoms. The van der Waals surface area contributed by atoms with E-state index >= 15 is 0 Å². The third-order valence-corrected chi connectivity index (χ3v) is 4.57. The van der Waals surface area contributed by atoms with Gasteiger partial charge < -0.3 is 10.1 Å². The number of rotatable bonds is 5. The first-order valence-corrected chi connectivity index (χ1v) is 8.79. The summed E-state index contributed by atoms with van der Waals surface area (Å²) < 4.78 is 132. The van der Waals surface area contributed by atoms with Gasteiger partial charge in [-0.05, 0) is 12.1 Å². The van der Waals surface area contributed by atoms with E-state index in [1.165, 1.54) is 30.3 Å². The Morgan fingerprint density at radius 2 is 1.06 bits per heavy atom. The van der Waals surface area contributed by atoms with Crippen molar-refractivity contribution in [1.82, 2.24) is 0 Å². The first kappa shape index (κ1) is 24.0. The number of carbonyl (C=O) groups is 1. The van der Waals surface area contributed by atoms with E-state index in [2.05, 4.69) is 10.1 Å². The Morgan fingerprint density at radius 3 is 1.48 bits per heavy atom. The highest BCUT2D eigenvalue weighted by Gasteiger charge is 2.38. The van der Waals surface area contributed by atoms with Gasteiger partial charge >= 0.3 is 5.97 Å². The molecule has 1 N–H and O–H groups in total. The van der Waals surface area contributed by atoms with Crippen LogP contribution in [0.25, 0.3) is 11.1 Å². The van der Waals surface area contributed by atoms with Crippen LogP contribution in [0.4, 0.5) is 45.2 Å². The van der Waals surface area contributed by atoms with E-state index in [-0.39, 0.29) is 5.69 Å². The summed E-state index contributed by atoms with van der Waals surface area (Å²) in [5.41, 5.74) is -5.95. The molecule has 3 aromatic rings. The summed E-state index contributed by atoms with van der Waals surface area (Å²) in [5, 5.41) is 2.28. The van der Waals surface area contributed by atoms with Crippen molar-refractivity contribution in [2.45, 2.75) is 6.04 Å². The van der Waals surface area contributed by atoms with Crippen LogP contribution in [-0.2, 0) is 9.53 Å². The van der Waals surface area contributed by atoms with Crippen LogP contribution >= 0.6 is 0 Å². The molecule has 0 saturated heterocycles. The molecule has 0 aliphatic heterocycles. The van der Waals surface area contributed by atoms with Crippen LogP contribution in [0, 0.1) is 52.4 Å². The first-order chi connectivity index (χ1) is 15.5. The Kier molecular flexibility index (Phi) is 6.56. The van der Waals surface area contributed by atoms with Crippen molar-refractivity contribution < 1.29 is 49.0 Å². The molecule has 0 aliphatic carbocycles.